The van der Waals surface area contributed by atoms with Gasteiger partial charge in [-0.25, -0.2) is 9.50 Å². The number of carbonyl (C=O) groups excluding carboxylic acids is 1. The van der Waals surface area contributed by atoms with Gasteiger partial charge in [-0.2, -0.15) is 4.98 Å². The molecule has 3 aromatic carbocycles. The van der Waals surface area contributed by atoms with E-state index in [4.69, 9.17) is 4.98 Å². The fourth-order valence-corrected chi connectivity index (χ4v) is 5.39. The van der Waals surface area contributed by atoms with Crippen molar-refractivity contribution in [2.75, 3.05) is 0 Å². The fourth-order valence-electron chi connectivity index (χ4n) is 4.56. The summed E-state index contributed by atoms with van der Waals surface area (Å²) < 4.78 is 1.65. The number of benzene rings is 3. The molecule has 1 aliphatic rings. The molecular formula is C27H22N4OS. The smallest absolute Gasteiger partial charge is 0.253 e. The Morgan fingerprint density at radius 3 is 2.67 bits per heavy atom. The van der Waals surface area contributed by atoms with Crippen LogP contribution >= 0.6 is 11.8 Å². The van der Waals surface area contributed by atoms with Crippen molar-refractivity contribution in [1.82, 2.24) is 19.6 Å². The molecule has 33 heavy (non-hydrogen) atoms. The van der Waals surface area contributed by atoms with Crippen molar-refractivity contribution in [3.8, 4) is 0 Å². The summed E-state index contributed by atoms with van der Waals surface area (Å²) in [6.07, 6.45) is 3.05. The molecule has 5 nitrogen and oxygen atoms in total. The molecule has 0 fully saturated rings. The lowest BCUT2D eigenvalue weighted by molar-refractivity contribution is 0.0962. The van der Waals surface area contributed by atoms with Crippen LogP contribution in [0, 0.1) is 6.92 Å². The Hall–Kier alpha value is -3.51. The molecule has 0 saturated carbocycles. The predicted octanol–water partition coefficient (Wildman–Crippen LogP) is 5.79. The summed E-state index contributed by atoms with van der Waals surface area (Å²) in [5, 5.41) is 7.74. The summed E-state index contributed by atoms with van der Waals surface area (Å²) in [4.78, 5) is 22.3. The van der Waals surface area contributed by atoms with E-state index in [1.807, 2.05) is 0 Å². The third-order valence-electron chi connectivity index (χ3n) is 6.35. The van der Waals surface area contributed by atoms with E-state index in [0.29, 0.717) is 22.9 Å². The summed E-state index contributed by atoms with van der Waals surface area (Å²) >= 11 is 1.59. The van der Waals surface area contributed by atoms with Gasteiger partial charge in [-0.15, -0.1) is 5.10 Å². The maximum absolute atomic E-state index is 12.9. The highest BCUT2D eigenvalue weighted by Gasteiger charge is 2.28. The first kappa shape index (κ1) is 20.1. The van der Waals surface area contributed by atoms with E-state index in [0.717, 1.165) is 17.9 Å². The number of rotatable bonds is 4. The molecule has 2 heterocycles. The van der Waals surface area contributed by atoms with Crippen LogP contribution in [-0.4, -0.2) is 25.4 Å². The number of ketones is 1. The number of Topliss-reactive ketones (excluding diaryl/α,β-unsaturated/α-hetero) is 1. The monoisotopic (exact) mass is 450 g/mol. The summed E-state index contributed by atoms with van der Waals surface area (Å²) in [6.45, 7) is 2.07. The second-order valence-corrected chi connectivity index (χ2v) is 9.55. The van der Waals surface area contributed by atoms with Crippen LogP contribution in [0.15, 0.2) is 78.1 Å². The number of hydrogen-bond acceptors (Lipinski definition) is 5. The minimum Gasteiger partial charge on any atom is -0.294 e. The normalized spacial score (nSPS) is 15.8. The van der Waals surface area contributed by atoms with E-state index in [1.54, 1.807) is 22.5 Å². The highest BCUT2D eigenvalue weighted by molar-refractivity contribution is 7.98. The van der Waals surface area contributed by atoms with E-state index in [2.05, 4.69) is 83.7 Å². The number of hydrogen-bond donors (Lipinski definition) is 0. The Labute approximate surface area is 195 Å². The third-order valence-corrected chi connectivity index (χ3v) is 7.23. The Bertz CT molecular complexity index is 1500. The van der Waals surface area contributed by atoms with Gasteiger partial charge in [-0.3, -0.25) is 4.79 Å². The van der Waals surface area contributed by atoms with Gasteiger partial charge in [0.15, 0.2) is 5.78 Å². The van der Waals surface area contributed by atoms with Gasteiger partial charge >= 0.3 is 0 Å². The first-order valence-corrected chi connectivity index (χ1v) is 12.1. The maximum Gasteiger partial charge on any atom is 0.253 e. The van der Waals surface area contributed by atoms with Crippen LogP contribution in [-0.2, 0) is 12.2 Å². The third kappa shape index (κ3) is 3.80. The van der Waals surface area contributed by atoms with Crippen molar-refractivity contribution < 1.29 is 4.79 Å². The Morgan fingerprint density at radius 1 is 0.970 bits per heavy atom. The number of nitrogens with zero attached hydrogens (tertiary/aromatic N) is 4. The van der Waals surface area contributed by atoms with Gasteiger partial charge in [-0.1, -0.05) is 84.1 Å². The molecule has 6 rings (SSSR count). The van der Waals surface area contributed by atoms with Crippen LogP contribution in [0.1, 0.15) is 45.1 Å². The largest absolute Gasteiger partial charge is 0.294 e. The highest BCUT2D eigenvalue weighted by Crippen LogP contribution is 2.32. The van der Waals surface area contributed by atoms with Crippen molar-refractivity contribution in [3.05, 3.63) is 101 Å². The molecular weight excluding hydrogens is 428 g/mol. The molecule has 2 aromatic heterocycles. The lowest BCUT2D eigenvalue weighted by Crippen LogP contribution is -2.21. The predicted molar refractivity (Wildman–Crippen MR) is 131 cm³/mol. The van der Waals surface area contributed by atoms with E-state index >= 15 is 0 Å². The van der Waals surface area contributed by atoms with Crippen LogP contribution < -0.4 is 0 Å². The molecule has 1 aliphatic carbocycles. The van der Waals surface area contributed by atoms with Crippen molar-refractivity contribution in [2.24, 2.45) is 0 Å². The van der Waals surface area contributed by atoms with Crippen LogP contribution in [0.5, 0.6) is 0 Å². The Morgan fingerprint density at radius 2 is 1.79 bits per heavy atom. The van der Waals surface area contributed by atoms with Crippen LogP contribution in [0.2, 0.25) is 0 Å². The molecule has 162 valence electrons. The number of aryl methyl sites for hydroxylation is 1. The number of carbonyl (C=O) groups is 1. The molecule has 0 bridgehead atoms. The van der Waals surface area contributed by atoms with Crippen LogP contribution in [0.25, 0.3) is 16.6 Å². The number of fused-ring (bicyclic) bond motifs is 3. The van der Waals surface area contributed by atoms with E-state index in [1.165, 1.54) is 27.5 Å². The Balaban J connectivity index is 1.27. The minimum absolute atomic E-state index is 0.122. The van der Waals surface area contributed by atoms with Crippen molar-refractivity contribution in [1.29, 1.82) is 0 Å². The zero-order valence-electron chi connectivity index (χ0n) is 18.2. The molecule has 1 atom stereocenters. The standard InChI is InChI=1S/C27H22N4OS/c1-17-9-11-18(12-10-17)21-13-24-23(25(32)14-21)15-31-26(28-24)29-27(30-31)33-16-20-7-4-6-19-5-2-3-8-22(19)20/h2-12,15,21H,13-14,16H2,1H3/t21-/m0/s1. The Kier molecular flexibility index (Phi) is 4.95. The molecule has 0 unspecified atom stereocenters. The van der Waals surface area contributed by atoms with Gasteiger partial charge < -0.3 is 0 Å². The summed E-state index contributed by atoms with van der Waals surface area (Å²) in [5.74, 6) is 1.60. The second kappa shape index (κ2) is 8.12. The molecule has 5 aromatic rings. The quantitative estimate of drug-likeness (QED) is 0.324. The topological polar surface area (TPSA) is 60.2 Å². The first-order chi connectivity index (χ1) is 16.1. The highest BCUT2D eigenvalue weighted by atomic mass is 32.2. The van der Waals surface area contributed by atoms with Gasteiger partial charge in [0.2, 0.25) is 5.16 Å². The van der Waals surface area contributed by atoms with Crippen molar-refractivity contribution in [2.45, 2.75) is 36.6 Å². The van der Waals surface area contributed by atoms with Crippen LogP contribution in [0.3, 0.4) is 0 Å². The second-order valence-electron chi connectivity index (χ2n) is 8.61. The first-order valence-electron chi connectivity index (χ1n) is 11.1. The number of aromatic nitrogens is 4. The van der Waals surface area contributed by atoms with Gasteiger partial charge in [-0.05, 0) is 41.2 Å². The molecule has 6 heteroatoms. The molecule has 0 N–H and O–H groups in total. The van der Waals surface area contributed by atoms with Gasteiger partial charge in [0, 0.05) is 18.4 Å². The maximum atomic E-state index is 12.9. The van der Waals surface area contributed by atoms with E-state index < -0.39 is 0 Å². The van der Waals surface area contributed by atoms with Crippen molar-refractivity contribution in [3.63, 3.8) is 0 Å². The molecule has 0 saturated heterocycles. The fraction of sp³-hybridized carbons (Fsp3) is 0.185. The number of thioether (sulfide) groups is 1. The molecule has 0 radical (unpaired) electrons. The minimum atomic E-state index is 0.122. The molecule has 0 spiro atoms. The van der Waals surface area contributed by atoms with Gasteiger partial charge in [0.25, 0.3) is 5.78 Å². The average Bonchev–Trinajstić information content (AvgIpc) is 3.24. The molecule has 0 amide bonds. The lowest BCUT2D eigenvalue weighted by atomic mass is 9.82. The van der Waals surface area contributed by atoms with Crippen LogP contribution in [0.4, 0.5) is 0 Å². The van der Waals surface area contributed by atoms with Gasteiger partial charge in [0.05, 0.1) is 11.3 Å². The summed E-state index contributed by atoms with van der Waals surface area (Å²) in [7, 11) is 0. The van der Waals surface area contributed by atoms with E-state index in [9.17, 15) is 4.79 Å². The average molecular weight is 451 g/mol. The lowest BCUT2D eigenvalue weighted by Gasteiger charge is -2.23. The van der Waals surface area contributed by atoms with E-state index in [-0.39, 0.29) is 11.7 Å². The zero-order valence-corrected chi connectivity index (χ0v) is 19.0. The van der Waals surface area contributed by atoms with Gasteiger partial charge in [0.1, 0.15) is 0 Å². The zero-order chi connectivity index (χ0) is 22.4. The molecule has 0 aliphatic heterocycles. The van der Waals surface area contributed by atoms with Crippen molar-refractivity contribution >= 4 is 34.1 Å². The summed E-state index contributed by atoms with van der Waals surface area (Å²) in [6, 6.07) is 23.2. The SMILES string of the molecule is Cc1ccc([C@@H]2CC(=O)c3cn4nc(SCc5cccc6ccccc56)nc4nc3C2)cc1. The summed E-state index contributed by atoms with van der Waals surface area (Å²) in [5.41, 5.74) is 5.15.